The Morgan fingerprint density at radius 3 is 2.38 bits per heavy atom. The first-order chi connectivity index (χ1) is 6.02. The predicted octanol–water partition coefficient (Wildman–Crippen LogP) is 1.83. The smallest absolute Gasteiger partial charge is 0.317 e. The zero-order valence-electron chi connectivity index (χ0n) is 9.00. The van der Waals surface area contributed by atoms with Crippen LogP contribution in [0, 0.1) is 5.92 Å². The number of nitrogens with one attached hydrogen (secondary N) is 1. The van der Waals surface area contributed by atoms with E-state index in [0.29, 0.717) is 12.0 Å². The maximum Gasteiger partial charge on any atom is 0.317 e. The van der Waals surface area contributed by atoms with Gasteiger partial charge in [0.1, 0.15) is 0 Å². The number of rotatable bonds is 2. The van der Waals surface area contributed by atoms with Gasteiger partial charge in [0.2, 0.25) is 0 Å². The molecule has 0 aromatic heterocycles. The molecule has 0 bridgehead atoms. The lowest BCUT2D eigenvalue weighted by molar-refractivity contribution is 0.170. The lowest BCUT2D eigenvalue weighted by Crippen LogP contribution is -2.51. The van der Waals surface area contributed by atoms with E-state index < -0.39 is 0 Å². The Labute approximate surface area is 80.5 Å². The molecule has 2 amide bonds. The molecule has 1 fully saturated rings. The van der Waals surface area contributed by atoms with Crippen LogP contribution in [0.5, 0.6) is 0 Å². The molecule has 0 heterocycles. The summed E-state index contributed by atoms with van der Waals surface area (Å²) in [6.45, 7) is 6.22. The normalized spacial score (nSPS) is 26.8. The average molecular weight is 184 g/mol. The number of hydrogen-bond donors (Lipinski definition) is 1. The highest BCUT2D eigenvalue weighted by atomic mass is 16.2. The largest absolute Gasteiger partial charge is 0.335 e. The molecule has 76 valence electrons. The number of hydrogen-bond acceptors (Lipinski definition) is 1. The second kappa shape index (κ2) is 3.99. The fraction of sp³-hybridized carbons (Fsp3) is 0.900. The molecule has 0 aromatic rings. The maximum atomic E-state index is 11.5. The second-order valence-electron chi connectivity index (χ2n) is 4.32. The van der Waals surface area contributed by atoms with Gasteiger partial charge in [-0.05, 0) is 32.6 Å². The molecular weight excluding hydrogens is 164 g/mol. The summed E-state index contributed by atoms with van der Waals surface area (Å²) in [4.78, 5) is 13.3. The van der Waals surface area contributed by atoms with Gasteiger partial charge in [0.05, 0.1) is 0 Å². The lowest BCUT2D eigenvalue weighted by atomic mass is 9.81. The third kappa shape index (κ3) is 2.36. The standard InChI is InChI=1S/C10H20N2O/c1-7(2)12(4)10(13)11-9-6-5-8(9)3/h7-9H,5-6H2,1-4H3,(H,11,13). The highest BCUT2D eigenvalue weighted by molar-refractivity contribution is 5.74. The minimum Gasteiger partial charge on any atom is -0.335 e. The van der Waals surface area contributed by atoms with Gasteiger partial charge < -0.3 is 10.2 Å². The number of carbonyl (C=O) groups excluding carboxylic acids is 1. The number of carbonyl (C=O) groups is 1. The van der Waals surface area contributed by atoms with Crippen molar-refractivity contribution in [3.8, 4) is 0 Å². The summed E-state index contributed by atoms with van der Waals surface area (Å²) in [6.07, 6.45) is 2.38. The fourth-order valence-corrected chi connectivity index (χ4v) is 1.38. The van der Waals surface area contributed by atoms with Gasteiger partial charge in [-0.25, -0.2) is 4.79 Å². The van der Waals surface area contributed by atoms with E-state index in [-0.39, 0.29) is 12.1 Å². The topological polar surface area (TPSA) is 32.3 Å². The Morgan fingerprint density at radius 1 is 1.46 bits per heavy atom. The van der Waals surface area contributed by atoms with Gasteiger partial charge in [-0.1, -0.05) is 6.92 Å². The predicted molar refractivity (Wildman–Crippen MR) is 53.6 cm³/mol. The van der Waals surface area contributed by atoms with Gasteiger partial charge in [0.15, 0.2) is 0 Å². The van der Waals surface area contributed by atoms with Crippen LogP contribution in [0.2, 0.25) is 0 Å². The van der Waals surface area contributed by atoms with Crippen molar-refractivity contribution in [2.24, 2.45) is 5.92 Å². The maximum absolute atomic E-state index is 11.5. The first-order valence-electron chi connectivity index (χ1n) is 5.05. The average Bonchev–Trinajstić information content (AvgIpc) is 2.09. The molecule has 0 saturated heterocycles. The number of nitrogens with zero attached hydrogens (tertiary/aromatic N) is 1. The molecule has 0 radical (unpaired) electrons. The van der Waals surface area contributed by atoms with E-state index in [1.807, 2.05) is 20.9 Å². The first kappa shape index (κ1) is 10.4. The van der Waals surface area contributed by atoms with Gasteiger partial charge in [0, 0.05) is 19.1 Å². The molecule has 1 N–H and O–H groups in total. The minimum absolute atomic E-state index is 0.0616. The number of urea groups is 1. The summed E-state index contributed by atoms with van der Waals surface area (Å²) < 4.78 is 0. The van der Waals surface area contributed by atoms with Crippen molar-refractivity contribution >= 4 is 6.03 Å². The highest BCUT2D eigenvalue weighted by Crippen LogP contribution is 2.26. The summed E-state index contributed by atoms with van der Waals surface area (Å²) in [6, 6.07) is 0.746. The Morgan fingerprint density at radius 2 is 2.08 bits per heavy atom. The fourth-order valence-electron chi connectivity index (χ4n) is 1.38. The molecule has 1 rings (SSSR count). The van der Waals surface area contributed by atoms with Crippen molar-refractivity contribution in [3.63, 3.8) is 0 Å². The molecule has 1 saturated carbocycles. The van der Waals surface area contributed by atoms with Gasteiger partial charge in [-0.15, -0.1) is 0 Å². The van der Waals surface area contributed by atoms with Crippen LogP contribution in [0.3, 0.4) is 0 Å². The third-order valence-electron chi connectivity index (χ3n) is 3.02. The Balaban J connectivity index is 2.32. The van der Waals surface area contributed by atoms with Crippen LogP contribution >= 0.6 is 0 Å². The highest BCUT2D eigenvalue weighted by Gasteiger charge is 2.29. The minimum atomic E-state index is 0.0616. The van der Waals surface area contributed by atoms with Crippen molar-refractivity contribution in [2.75, 3.05) is 7.05 Å². The monoisotopic (exact) mass is 184 g/mol. The van der Waals surface area contributed by atoms with Crippen LogP contribution in [0.1, 0.15) is 33.6 Å². The van der Waals surface area contributed by atoms with E-state index in [9.17, 15) is 4.79 Å². The number of amides is 2. The molecule has 1 aliphatic rings. The molecule has 2 atom stereocenters. The molecule has 0 aliphatic heterocycles. The van der Waals surface area contributed by atoms with Crippen molar-refractivity contribution in [1.29, 1.82) is 0 Å². The van der Waals surface area contributed by atoms with E-state index in [1.54, 1.807) is 4.90 Å². The van der Waals surface area contributed by atoms with E-state index in [1.165, 1.54) is 6.42 Å². The quantitative estimate of drug-likeness (QED) is 0.697. The lowest BCUT2D eigenvalue weighted by Gasteiger charge is -2.36. The van der Waals surface area contributed by atoms with E-state index >= 15 is 0 Å². The Kier molecular flexibility index (Phi) is 3.17. The molecular formula is C10H20N2O. The van der Waals surface area contributed by atoms with E-state index in [4.69, 9.17) is 0 Å². The van der Waals surface area contributed by atoms with Crippen LogP contribution in [0.4, 0.5) is 4.79 Å². The van der Waals surface area contributed by atoms with Crippen molar-refractivity contribution < 1.29 is 4.79 Å². The van der Waals surface area contributed by atoms with Gasteiger partial charge in [0.25, 0.3) is 0 Å². The molecule has 3 heteroatoms. The van der Waals surface area contributed by atoms with Gasteiger partial charge in [-0.3, -0.25) is 0 Å². The molecule has 0 aromatic carbocycles. The third-order valence-corrected chi connectivity index (χ3v) is 3.02. The van der Waals surface area contributed by atoms with Crippen LogP contribution in [0.15, 0.2) is 0 Å². The zero-order chi connectivity index (χ0) is 10.0. The summed E-state index contributed by atoms with van der Waals surface area (Å²) in [5, 5.41) is 3.03. The Hall–Kier alpha value is -0.730. The SMILES string of the molecule is CC1CCC1NC(=O)N(C)C(C)C. The van der Waals surface area contributed by atoms with Crippen LogP contribution in [-0.4, -0.2) is 30.1 Å². The molecule has 0 spiro atoms. The summed E-state index contributed by atoms with van der Waals surface area (Å²) in [7, 11) is 1.84. The zero-order valence-corrected chi connectivity index (χ0v) is 9.00. The summed E-state index contributed by atoms with van der Waals surface area (Å²) >= 11 is 0. The molecule has 13 heavy (non-hydrogen) atoms. The summed E-state index contributed by atoms with van der Waals surface area (Å²) in [5.41, 5.74) is 0. The van der Waals surface area contributed by atoms with Gasteiger partial charge in [-0.2, -0.15) is 0 Å². The Bertz CT molecular complexity index is 191. The molecule has 3 nitrogen and oxygen atoms in total. The summed E-state index contributed by atoms with van der Waals surface area (Å²) in [5.74, 6) is 0.657. The van der Waals surface area contributed by atoms with Crippen LogP contribution in [-0.2, 0) is 0 Å². The van der Waals surface area contributed by atoms with Crippen LogP contribution < -0.4 is 5.32 Å². The molecule has 1 aliphatic carbocycles. The van der Waals surface area contributed by atoms with Crippen molar-refractivity contribution in [3.05, 3.63) is 0 Å². The molecule has 2 unspecified atom stereocenters. The second-order valence-corrected chi connectivity index (χ2v) is 4.32. The van der Waals surface area contributed by atoms with Gasteiger partial charge >= 0.3 is 6.03 Å². The van der Waals surface area contributed by atoms with Crippen LogP contribution in [0.25, 0.3) is 0 Å². The first-order valence-corrected chi connectivity index (χ1v) is 5.05. The van der Waals surface area contributed by atoms with E-state index in [2.05, 4.69) is 12.2 Å². The van der Waals surface area contributed by atoms with Crippen molar-refractivity contribution in [1.82, 2.24) is 10.2 Å². The van der Waals surface area contributed by atoms with E-state index in [0.717, 1.165) is 6.42 Å². The van der Waals surface area contributed by atoms with Crippen molar-refractivity contribution in [2.45, 2.75) is 45.7 Å².